The van der Waals surface area contributed by atoms with Crippen LogP contribution >= 0.6 is 11.6 Å². The van der Waals surface area contributed by atoms with Crippen molar-refractivity contribution in [1.82, 2.24) is 14.8 Å². The van der Waals surface area contributed by atoms with Crippen molar-refractivity contribution < 1.29 is 13.9 Å². The molecule has 0 atom stereocenters. The highest BCUT2D eigenvalue weighted by molar-refractivity contribution is 6.31. The monoisotopic (exact) mass is 360 g/mol. The van der Waals surface area contributed by atoms with E-state index < -0.39 is 5.91 Å². The van der Waals surface area contributed by atoms with Gasteiger partial charge in [0, 0.05) is 5.02 Å². The lowest BCUT2D eigenvalue weighted by Crippen LogP contribution is -2.15. The van der Waals surface area contributed by atoms with Crippen LogP contribution in [0.1, 0.15) is 16.4 Å². The zero-order valence-electron chi connectivity index (χ0n) is 13.5. The van der Waals surface area contributed by atoms with Crippen molar-refractivity contribution in [3.05, 3.63) is 65.0 Å². The number of carbonyl (C=O) groups excluding carboxylic acids is 1. The van der Waals surface area contributed by atoms with Crippen LogP contribution in [0.15, 0.2) is 42.5 Å². The number of nitrogens with zero attached hydrogens (tertiary/aromatic N) is 3. The van der Waals surface area contributed by atoms with E-state index in [1.807, 2.05) is 0 Å². The Hall–Kier alpha value is -2.93. The van der Waals surface area contributed by atoms with Gasteiger partial charge in [-0.05, 0) is 49.4 Å². The number of aryl methyl sites for hydroxylation is 1. The van der Waals surface area contributed by atoms with Gasteiger partial charge in [-0.15, -0.1) is 5.10 Å². The minimum Gasteiger partial charge on any atom is -0.495 e. The number of rotatable bonds is 4. The molecular formula is C17H14ClFN4O2. The van der Waals surface area contributed by atoms with Crippen molar-refractivity contribution >= 4 is 23.2 Å². The van der Waals surface area contributed by atoms with Crippen LogP contribution in [0.5, 0.6) is 5.75 Å². The van der Waals surface area contributed by atoms with Gasteiger partial charge in [0.05, 0.1) is 18.5 Å². The average molecular weight is 361 g/mol. The number of carbonyl (C=O) groups is 1. The predicted octanol–water partition coefficient (Wildman–Crippen LogP) is 3.63. The van der Waals surface area contributed by atoms with Crippen LogP contribution in [0, 0.1) is 12.7 Å². The summed E-state index contributed by atoms with van der Waals surface area (Å²) in [5.41, 5.74) is 1.02. The molecule has 0 spiro atoms. The van der Waals surface area contributed by atoms with Crippen LogP contribution in [0.3, 0.4) is 0 Å². The second kappa shape index (κ2) is 6.90. The van der Waals surface area contributed by atoms with Crippen LogP contribution in [-0.2, 0) is 0 Å². The molecule has 0 bridgehead atoms. The van der Waals surface area contributed by atoms with Gasteiger partial charge in [0.2, 0.25) is 5.82 Å². The Kier molecular flexibility index (Phi) is 4.67. The normalized spacial score (nSPS) is 10.6. The molecule has 0 saturated heterocycles. The van der Waals surface area contributed by atoms with Gasteiger partial charge in [0.25, 0.3) is 5.91 Å². The number of ether oxygens (including phenoxy) is 1. The Morgan fingerprint density at radius 1 is 1.24 bits per heavy atom. The fourth-order valence-electron chi connectivity index (χ4n) is 2.27. The van der Waals surface area contributed by atoms with Crippen molar-refractivity contribution in [1.29, 1.82) is 0 Å². The van der Waals surface area contributed by atoms with Crippen LogP contribution in [0.4, 0.5) is 10.1 Å². The van der Waals surface area contributed by atoms with Gasteiger partial charge in [-0.3, -0.25) is 4.79 Å². The molecular weight excluding hydrogens is 347 g/mol. The SMILES string of the molecule is COc1ccc(Cl)cc1NC(=O)c1nc(C)n(-c2ccc(F)cc2)n1. The van der Waals surface area contributed by atoms with Crippen molar-refractivity contribution in [2.24, 2.45) is 0 Å². The molecule has 0 fully saturated rings. The van der Waals surface area contributed by atoms with Gasteiger partial charge in [0.15, 0.2) is 0 Å². The maximum Gasteiger partial charge on any atom is 0.295 e. The van der Waals surface area contributed by atoms with Crippen molar-refractivity contribution in [2.75, 3.05) is 12.4 Å². The molecule has 3 rings (SSSR count). The standard InChI is InChI=1S/C17H14ClFN4O2/c1-10-20-16(22-23(10)13-6-4-12(19)5-7-13)17(24)21-14-9-11(18)3-8-15(14)25-2/h3-9H,1-2H3,(H,21,24). The molecule has 3 aromatic rings. The zero-order chi connectivity index (χ0) is 18.0. The summed E-state index contributed by atoms with van der Waals surface area (Å²) in [5, 5.41) is 7.31. The third-order valence-electron chi connectivity index (χ3n) is 3.45. The summed E-state index contributed by atoms with van der Waals surface area (Å²) in [7, 11) is 1.49. The van der Waals surface area contributed by atoms with E-state index in [0.29, 0.717) is 28.0 Å². The summed E-state index contributed by atoms with van der Waals surface area (Å²) in [4.78, 5) is 16.6. The molecule has 0 radical (unpaired) electrons. The molecule has 128 valence electrons. The Morgan fingerprint density at radius 2 is 1.96 bits per heavy atom. The van der Waals surface area contributed by atoms with E-state index in [9.17, 15) is 9.18 Å². The van der Waals surface area contributed by atoms with Crippen LogP contribution in [0.2, 0.25) is 5.02 Å². The first kappa shape index (κ1) is 16.9. The maximum absolute atomic E-state index is 13.1. The molecule has 25 heavy (non-hydrogen) atoms. The Bertz CT molecular complexity index is 925. The van der Waals surface area contributed by atoms with Crippen molar-refractivity contribution in [3.63, 3.8) is 0 Å². The lowest BCUT2D eigenvalue weighted by Gasteiger charge is -2.09. The number of amides is 1. The first-order valence-electron chi connectivity index (χ1n) is 7.32. The summed E-state index contributed by atoms with van der Waals surface area (Å²) in [5.74, 6) is 0.0724. The smallest absolute Gasteiger partial charge is 0.295 e. The highest BCUT2D eigenvalue weighted by Crippen LogP contribution is 2.28. The second-order valence-corrected chi connectivity index (χ2v) is 5.61. The molecule has 0 saturated carbocycles. The first-order chi connectivity index (χ1) is 12.0. The van der Waals surface area contributed by atoms with E-state index in [2.05, 4.69) is 15.4 Å². The van der Waals surface area contributed by atoms with Crippen LogP contribution in [0.25, 0.3) is 5.69 Å². The van der Waals surface area contributed by atoms with Gasteiger partial charge >= 0.3 is 0 Å². The van der Waals surface area contributed by atoms with Crippen LogP contribution < -0.4 is 10.1 Å². The molecule has 1 N–H and O–H groups in total. The summed E-state index contributed by atoms with van der Waals surface area (Å²) in [6.07, 6.45) is 0. The molecule has 0 aliphatic heterocycles. The number of hydrogen-bond acceptors (Lipinski definition) is 4. The Balaban J connectivity index is 1.88. The minimum atomic E-state index is -0.510. The number of benzene rings is 2. The second-order valence-electron chi connectivity index (χ2n) is 5.17. The third-order valence-corrected chi connectivity index (χ3v) is 3.69. The number of halogens is 2. The molecule has 1 amide bonds. The summed E-state index contributed by atoms with van der Waals surface area (Å²) >= 11 is 5.95. The average Bonchev–Trinajstić information content (AvgIpc) is 2.98. The van der Waals surface area contributed by atoms with Crippen molar-refractivity contribution in [3.8, 4) is 11.4 Å². The predicted molar refractivity (Wildman–Crippen MR) is 92.0 cm³/mol. The van der Waals surface area contributed by atoms with E-state index in [0.717, 1.165) is 0 Å². The van der Waals surface area contributed by atoms with Crippen LogP contribution in [-0.4, -0.2) is 27.8 Å². The lowest BCUT2D eigenvalue weighted by atomic mass is 10.3. The van der Waals surface area contributed by atoms with Gasteiger partial charge in [-0.2, -0.15) is 0 Å². The third kappa shape index (κ3) is 3.61. The minimum absolute atomic E-state index is 0.0242. The number of aromatic nitrogens is 3. The highest BCUT2D eigenvalue weighted by atomic mass is 35.5. The quantitative estimate of drug-likeness (QED) is 0.771. The zero-order valence-corrected chi connectivity index (χ0v) is 14.2. The fourth-order valence-corrected chi connectivity index (χ4v) is 2.44. The molecule has 1 aromatic heterocycles. The highest BCUT2D eigenvalue weighted by Gasteiger charge is 2.17. The van der Waals surface area contributed by atoms with E-state index in [4.69, 9.17) is 16.3 Å². The van der Waals surface area contributed by atoms with Gasteiger partial charge in [-0.25, -0.2) is 14.1 Å². The molecule has 6 nitrogen and oxygen atoms in total. The molecule has 8 heteroatoms. The number of nitrogens with one attached hydrogen (secondary N) is 1. The fraction of sp³-hybridized carbons (Fsp3) is 0.118. The Labute approximate surface area is 148 Å². The summed E-state index contributed by atoms with van der Waals surface area (Å²) in [6.45, 7) is 1.70. The van der Waals surface area contributed by atoms with Crippen molar-refractivity contribution in [2.45, 2.75) is 6.92 Å². The van der Waals surface area contributed by atoms with Gasteiger partial charge in [0.1, 0.15) is 17.4 Å². The lowest BCUT2D eigenvalue weighted by molar-refractivity contribution is 0.101. The molecule has 1 heterocycles. The summed E-state index contributed by atoms with van der Waals surface area (Å²) in [6, 6.07) is 10.6. The topological polar surface area (TPSA) is 69.0 Å². The largest absolute Gasteiger partial charge is 0.495 e. The number of hydrogen-bond donors (Lipinski definition) is 1. The number of anilines is 1. The maximum atomic E-state index is 13.1. The van der Waals surface area contributed by atoms with Gasteiger partial charge in [-0.1, -0.05) is 11.6 Å². The van der Waals surface area contributed by atoms with E-state index in [-0.39, 0.29) is 11.6 Å². The van der Waals surface area contributed by atoms with Gasteiger partial charge < -0.3 is 10.1 Å². The summed E-state index contributed by atoms with van der Waals surface area (Å²) < 4.78 is 19.7. The molecule has 0 aliphatic rings. The Morgan fingerprint density at radius 3 is 2.64 bits per heavy atom. The molecule has 0 aliphatic carbocycles. The number of methoxy groups -OCH3 is 1. The first-order valence-corrected chi connectivity index (χ1v) is 7.70. The van der Waals surface area contributed by atoms with E-state index in [1.165, 1.54) is 23.9 Å². The molecule has 2 aromatic carbocycles. The van der Waals surface area contributed by atoms with E-state index in [1.54, 1.807) is 37.3 Å². The molecule has 0 unspecified atom stereocenters. The van der Waals surface area contributed by atoms with E-state index >= 15 is 0 Å².